The zero-order valence-electron chi connectivity index (χ0n) is 14.6. The molecule has 7 heteroatoms. The number of carbonyl (C=O) groups excluding carboxylic acids is 2. The monoisotopic (exact) mass is 341 g/mol. The van der Waals surface area contributed by atoms with Crippen LogP contribution in [-0.4, -0.2) is 52.4 Å². The molecule has 0 saturated carbocycles. The van der Waals surface area contributed by atoms with Crippen LogP contribution in [0.5, 0.6) is 0 Å². The van der Waals surface area contributed by atoms with Crippen molar-refractivity contribution >= 4 is 17.5 Å². The molecule has 0 atom stereocenters. The third-order valence-corrected chi connectivity index (χ3v) is 4.52. The molecular formula is C18H23N5O2. The zero-order chi connectivity index (χ0) is 17.8. The van der Waals surface area contributed by atoms with Gasteiger partial charge in [-0.1, -0.05) is 0 Å². The lowest BCUT2D eigenvalue weighted by Crippen LogP contribution is -2.51. The molecule has 7 nitrogen and oxygen atoms in total. The molecule has 0 bridgehead atoms. The SMILES string of the molecule is CC(=O)c1ccc(N2CCN(C(=O)NCc3nccn3C)CC2)cc1. The number of ketones is 1. The summed E-state index contributed by atoms with van der Waals surface area (Å²) in [6, 6.07) is 7.57. The number of piperazine rings is 1. The predicted molar refractivity (Wildman–Crippen MR) is 95.7 cm³/mol. The first-order valence-corrected chi connectivity index (χ1v) is 8.39. The highest BCUT2D eigenvalue weighted by Gasteiger charge is 2.21. The maximum Gasteiger partial charge on any atom is 0.317 e. The summed E-state index contributed by atoms with van der Waals surface area (Å²) in [5.74, 6) is 0.901. The standard InChI is InChI=1S/C18H23N5O2/c1-14(24)15-3-5-16(6-4-15)22-9-11-23(12-10-22)18(25)20-13-17-19-7-8-21(17)2/h3-8H,9-13H2,1-2H3,(H,20,25). The maximum atomic E-state index is 12.3. The lowest BCUT2D eigenvalue weighted by molar-refractivity contribution is 0.101. The van der Waals surface area contributed by atoms with E-state index in [0.717, 1.165) is 30.2 Å². The summed E-state index contributed by atoms with van der Waals surface area (Å²) in [7, 11) is 1.91. The van der Waals surface area contributed by atoms with Crippen molar-refractivity contribution in [3.05, 3.63) is 48.0 Å². The second kappa shape index (κ2) is 7.38. The molecule has 1 fully saturated rings. The number of hydrogen-bond acceptors (Lipinski definition) is 4. The maximum absolute atomic E-state index is 12.3. The minimum absolute atomic E-state index is 0.0606. The molecule has 0 unspecified atom stereocenters. The van der Waals surface area contributed by atoms with Gasteiger partial charge in [-0.3, -0.25) is 4.79 Å². The molecule has 0 radical (unpaired) electrons. The van der Waals surface area contributed by atoms with Crippen LogP contribution in [0, 0.1) is 0 Å². The minimum atomic E-state index is -0.0606. The predicted octanol–water partition coefficient (Wildman–Crippen LogP) is 1.65. The van der Waals surface area contributed by atoms with Crippen LogP contribution in [0.4, 0.5) is 10.5 Å². The Morgan fingerprint density at radius 1 is 1.12 bits per heavy atom. The molecule has 1 aromatic carbocycles. The molecule has 1 aromatic heterocycles. The van der Waals surface area contributed by atoms with Gasteiger partial charge in [0.05, 0.1) is 6.54 Å². The Morgan fingerprint density at radius 2 is 1.80 bits per heavy atom. The first-order chi connectivity index (χ1) is 12.0. The summed E-state index contributed by atoms with van der Waals surface area (Å²) in [5, 5.41) is 2.92. The first kappa shape index (κ1) is 17.0. The number of aryl methyl sites for hydroxylation is 1. The largest absolute Gasteiger partial charge is 0.368 e. The number of hydrogen-bond donors (Lipinski definition) is 1. The number of anilines is 1. The lowest BCUT2D eigenvalue weighted by Gasteiger charge is -2.36. The van der Waals surface area contributed by atoms with E-state index >= 15 is 0 Å². The summed E-state index contributed by atoms with van der Waals surface area (Å²) in [4.78, 5) is 31.9. The molecular weight excluding hydrogens is 318 g/mol. The zero-order valence-corrected chi connectivity index (χ0v) is 14.6. The summed E-state index contributed by atoms with van der Waals surface area (Å²) >= 11 is 0. The molecule has 3 rings (SSSR count). The number of Topliss-reactive ketones (excluding diaryl/α,β-unsaturated/α-hetero) is 1. The highest BCUT2D eigenvalue weighted by Crippen LogP contribution is 2.17. The van der Waals surface area contributed by atoms with Crippen LogP contribution >= 0.6 is 0 Å². The molecule has 2 amide bonds. The number of rotatable bonds is 4. The topological polar surface area (TPSA) is 70.5 Å². The van der Waals surface area contributed by atoms with Crippen molar-refractivity contribution < 1.29 is 9.59 Å². The highest BCUT2D eigenvalue weighted by molar-refractivity contribution is 5.94. The van der Waals surface area contributed by atoms with Gasteiger partial charge in [0.2, 0.25) is 0 Å². The molecule has 25 heavy (non-hydrogen) atoms. The second-order valence-electron chi connectivity index (χ2n) is 6.19. The number of imidazole rings is 1. The number of nitrogens with zero attached hydrogens (tertiary/aromatic N) is 4. The van der Waals surface area contributed by atoms with Crippen LogP contribution in [0.2, 0.25) is 0 Å². The van der Waals surface area contributed by atoms with Crippen LogP contribution in [-0.2, 0) is 13.6 Å². The van der Waals surface area contributed by atoms with Gasteiger partial charge in [0, 0.05) is 56.9 Å². The normalized spacial score (nSPS) is 14.5. The third-order valence-electron chi connectivity index (χ3n) is 4.52. The summed E-state index contributed by atoms with van der Waals surface area (Å²) in [5.41, 5.74) is 1.80. The molecule has 2 aromatic rings. The van der Waals surface area contributed by atoms with Crippen LogP contribution in [0.3, 0.4) is 0 Å². The van der Waals surface area contributed by atoms with Gasteiger partial charge in [-0.05, 0) is 31.2 Å². The van der Waals surface area contributed by atoms with Crippen LogP contribution in [0.15, 0.2) is 36.7 Å². The van der Waals surface area contributed by atoms with E-state index in [-0.39, 0.29) is 11.8 Å². The van der Waals surface area contributed by atoms with Crippen LogP contribution in [0.1, 0.15) is 23.1 Å². The minimum Gasteiger partial charge on any atom is -0.368 e. The number of amides is 2. The van der Waals surface area contributed by atoms with Gasteiger partial charge in [-0.25, -0.2) is 9.78 Å². The molecule has 1 saturated heterocycles. The van der Waals surface area contributed by atoms with E-state index in [0.29, 0.717) is 19.6 Å². The van der Waals surface area contributed by atoms with Gasteiger partial charge < -0.3 is 19.7 Å². The average Bonchev–Trinajstić information content (AvgIpc) is 3.05. The molecule has 1 N–H and O–H groups in total. The fourth-order valence-electron chi connectivity index (χ4n) is 2.91. The van der Waals surface area contributed by atoms with Crippen molar-refractivity contribution in [1.29, 1.82) is 0 Å². The molecule has 0 spiro atoms. The van der Waals surface area contributed by atoms with Crippen LogP contribution < -0.4 is 10.2 Å². The summed E-state index contributed by atoms with van der Waals surface area (Å²) in [6.07, 6.45) is 3.58. The quantitative estimate of drug-likeness (QED) is 0.859. The Bertz CT molecular complexity index is 745. The van der Waals surface area contributed by atoms with Crippen molar-refractivity contribution in [2.24, 2.45) is 7.05 Å². The number of aromatic nitrogens is 2. The molecule has 1 aliphatic rings. The van der Waals surface area contributed by atoms with E-state index in [1.54, 1.807) is 13.1 Å². The molecule has 1 aliphatic heterocycles. The fourth-order valence-corrected chi connectivity index (χ4v) is 2.91. The van der Waals surface area contributed by atoms with E-state index in [2.05, 4.69) is 15.2 Å². The summed E-state index contributed by atoms with van der Waals surface area (Å²) in [6.45, 7) is 4.87. The molecule has 132 valence electrons. The van der Waals surface area contributed by atoms with Gasteiger partial charge in [0.15, 0.2) is 5.78 Å². The molecule has 2 heterocycles. The number of carbonyl (C=O) groups is 2. The van der Waals surface area contributed by atoms with Gasteiger partial charge in [-0.15, -0.1) is 0 Å². The Hall–Kier alpha value is -2.83. The number of urea groups is 1. The van der Waals surface area contributed by atoms with Crippen molar-refractivity contribution in [1.82, 2.24) is 19.8 Å². The summed E-state index contributed by atoms with van der Waals surface area (Å²) < 4.78 is 1.89. The Balaban J connectivity index is 1.50. The van der Waals surface area contributed by atoms with Crippen molar-refractivity contribution in [2.75, 3.05) is 31.1 Å². The van der Waals surface area contributed by atoms with E-state index in [1.165, 1.54) is 0 Å². The van der Waals surface area contributed by atoms with Gasteiger partial charge in [0.25, 0.3) is 0 Å². The number of nitrogens with one attached hydrogen (secondary N) is 1. The smallest absolute Gasteiger partial charge is 0.317 e. The Labute approximate surface area is 147 Å². The van der Waals surface area contributed by atoms with Crippen molar-refractivity contribution in [3.63, 3.8) is 0 Å². The average molecular weight is 341 g/mol. The second-order valence-corrected chi connectivity index (χ2v) is 6.19. The van der Waals surface area contributed by atoms with E-state index in [4.69, 9.17) is 0 Å². The van der Waals surface area contributed by atoms with Crippen LogP contribution in [0.25, 0.3) is 0 Å². The van der Waals surface area contributed by atoms with Gasteiger partial charge in [0.1, 0.15) is 5.82 Å². The van der Waals surface area contributed by atoms with E-state index in [9.17, 15) is 9.59 Å². The van der Waals surface area contributed by atoms with E-state index in [1.807, 2.05) is 47.0 Å². The highest BCUT2D eigenvalue weighted by atomic mass is 16.2. The van der Waals surface area contributed by atoms with Gasteiger partial charge >= 0.3 is 6.03 Å². The van der Waals surface area contributed by atoms with Crippen molar-refractivity contribution in [2.45, 2.75) is 13.5 Å². The fraction of sp³-hybridized carbons (Fsp3) is 0.389. The van der Waals surface area contributed by atoms with Crippen molar-refractivity contribution in [3.8, 4) is 0 Å². The number of benzene rings is 1. The van der Waals surface area contributed by atoms with Gasteiger partial charge in [-0.2, -0.15) is 0 Å². The third kappa shape index (κ3) is 3.99. The Morgan fingerprint density at radius 3 is 2.36 bits per heavy atom. The van der Waals surface area contributed by atoms with E-state index < -0.39 is 0 Å². The Kier molecular flexibility index (Phi) is 5.02. The first-order valence-electron chi connectivity index (χ1n) is 8.39. The lowest BCUT2D eigenvalue weighted by atomic mass is 10.1. The molecule has 0 aliphatic carbocycles.